The summed E-state index contributed by atoms with van der Waals surface area (Å²) in [5.74, 6) is 0.190. The number of nitrogens with zero attached hydrogens (tertiary/aromatic N) is 1. The average molecular weight is 235 g/mol. The molecule has 1 aromatic carbocycles. The molecule has 0 spiro atoms. The Hall–Kier alpha value is -1.75. The van der Waals surface area contributed by atoms with Crippen LogP contribution in [0, 0.1) is 0 Å². The van der Waals surface area contributed by atoms with Crippen LogP contribution in [-0.4, -0.2) is 30.6 Å². The molecule has 0 bridgehead atoms. The largest absolute Gasteiger partial charge is 0.508 e. The van der Waals surface area contributed by atoms with Crippen molar-refractivity contribution in [3.63, 3.8) is 0 Å². The number of amides is 1. The SMILES string of the molecule is CC(N)c1ccc(N2CCNC(=O)C2)cc1O. The van der Waals surface area contributed by atoms with E-state index in [2.05, 4.69) is 5.32 Å². The van der Waals surface area contributed by atoms with E-state index < -0.39 is 0 Å². The Kier molecular flexibility index (Phi) is 3.19. The highest BCUT2D eigenvalue weighted by atomic mass is 16.3. The van der Waals surface area contributed by atoms with Crippen molar-refractivity contribution in [1.82, 2.24) is 5.32 Å². The zero-order chi connectivity index (χ0) is 12.4. The highest BCUT2D eigenvalue weighted by molar-refractivity contribution is 5.82. The van der Waals surface area contributed by atoms with Crippen molar-refractivity contribution < 1.29 is 9.90 Å². The van der Waals surface area contributed by atoms with E-state index in [1.54, 1.807) is 6.07 Å². The quantitative estimate of drug-likeness (QED) is 0.691. The lowest BCUT2D eigenvalue weighted by Crippen LogP contribution is -2.47. The van der Waals surface area contributed by atoms with Gasteiger partial charge in [0.15, 0.2) is 0 Å². The number of piperazine rings is 1. The molecule has 17 heavy (non-hydrogen) atoms. The van der Waals surface area contributed by atoms with Crippen molar-refractivity contribution in [1.29, 1.82) is 0 Å². The molecule has 92 valence electrons. The maximum atomic E-state index is 11.3. The molecule has 5 heteroatoms. The molecule has 1 unspecified atom stereocenters. The van der Waals surface area contributed by atoms with Gasteiger partial charge in [-0.15, -0.1) is 0 Å². The van der Waals surface area contributed by atoms with Crippen LogP contribution in [0.1, 0.15) is 18.5 Å². The third-order valence-corrected chi connectivity index (χ3v) is 2.91. The van der Waals surface area contributed by atoms with Crippen molar-refractivity contribution in [2.75, 3.05) is 24.5 Å². The topological polar surface area (TPSA) is 78.6 Å². The van der Waals surface area contributed by atoms with Crippen LogP contribution in [0.15, 0.2) is 18.2 Å². The Bertz CT molecular complexity index is 432. The number of phenols is 1. The van der Waals surface area contributed by atoms with Crippen LogP contribution in [0.5, 0.6) is 5.75 Å². The van der Waals surface area contributed by atoms with E-state index in [0.29, 0.717) is 13.1 Å². The van der Waals surface area contributed by atoms with Gasteiger partial charge in [0, 0.05) is 36.4 Å². The van der Waals surface area contributed by atoms with Crippen LogP contribution >= 0.6 is 0 Å². The Morgan fingerprint density at radius 2 is 2.29 bits per heavy atom. The Balaban J connectivity index is 2.22. The second kappa shape index (κ2) is 4.63. The molecule has 2 rings (SSSR count). The molecule has 1 aliphatic rings. The highest BCUT2D eigenvalue weighted by Crippen LogP contribution is 2.28. The number of anilines is 1. The second-order valence-corrected chi connectivity index (χ2v) is 4.30. The van der Waals surface area contributed by atoms with Gasteiger partial charge in [-0.25, -0.2) is 0 Å². The number of carbonyl (C=O) groups is 1. The van der Waals surface area contributed by atoms with Gasteiger partial charge in [0.2, 0.25) is 5.91 Å². The van der Waals surface area contributed by atoms with Gasteiger partial charge in [-0.05, 0) is 13.0 Å². The maximum absolute atomic E-state index is 11.3. The number of rotatable bonds is 2. The highest BCUT2D eigenvalue weighted by Gasteiger charge is 2.17. The molecule has 0 radical (unpaired) electrons. The standard InChI is InChI=1S/C12H17N3O2/c1-8(13)10-3-2-9(6-11(10)16)15-5-4-14-12(17)7-15/h2-3,6,8,16H,4-5,7,13H2,1H3,(H,14,17). The number of phenolic OH excluding ortho intramolecular Hbond substituents is 1. The van der Waals surface area contributed by atoms with E-state index in [4.69, 9.17) is 5.73 Å². The van der Waals surface area contributed by atoms with E-state index >= 15 is 0 Å². The molecule has 1 heterocycles. The minimum atomic E-state index is -0.200. The maximum Gasteiger partial charge on any atom is 0.239 e. The number of nitrogens with one attached hydrogen (secondary N) is 1. The molecular weight excluding hydrogens is 218 g/mol. The fourth-order valence-corrected chi connectivity index (χ4v) is 1.97. The van der Waals surface area contributed by atoms with Gasteiger partial charge >= 0.3 is 0 Å². The van der Waals surface area contributed by atoms with Crippen molar-refractivity contribution in [2.24, 2.45) is 5.73 Å². The number of hydrogen-bond donors (Lipinski definition) is 3. The first-order chi connectivity index (χ1) is 8.08. The Morgan fingerprint density at radius 3 is 2.88 bits per heavy atom. The zero-order valence-electron chi connectivity index (χ0n) is 9.81. The van der Waals surface area contributed by atoms with Crippen molar-refractivity contribution >= 4 is 11.6 Å². The summed E-state index contributed by atoms with van der Waals surface area (Å²) < 4.78 is 0. The van der Waals surface area contributed by atoms with Gasteiger partial charge in [0.1, 0.15) is 5.75 Å². The third kappa shape index (κ3) is 2.50. The predicted molar refractivity (Wildman–Crippen MR) is 65.9 cm³/mol. The van der Waals surface area contributed by atoms with Crippen LogP contribution in [0.4, 0.5) is 5.69 Å². The van der Waals surface area contributed by atoms with Crippen LogP contribution in [0.3, 0.4) is 0 Å². The normalized spacial score (nSPS) is 17.8. The van der Waals surface area contributed by atoms with Crippen LogP contribution in [0.25, 0.3) is 0 Å². The Labute approximate surface area is 100 Å². The molecule has 0 aliphatic carbocycles. The molecule has 1 aliphatic heterocycles. The number of hydrogen-bond acceptors (Lipinski definition) is 4. The summed E-state index contributed by atoms with van der Waals surface area (Å²) in [6.07, 6.45) is 0. The van der Waals surface area contributed by atoms with Gasteiger partial charge in [-0.2, -0.15) is 0 Å². The average Bonchev–Trinajstić information content (AvgIpc) is 2.28. The van der Waals surface area contributed by atoms with Crippen molar-refractivity contribution in [2.45, 2.75) is 13.0 Å². The molecule has 1 atom stereocenters. The zero-order valence-corrected chi connectivity index (χ0v) is 9.81. The number of aromatic hydroxyl groups is 1. The summed E-state index contributed by atoms with van der Waals surface area (Å²) in [5, 5.41) is 12.6. The van der Waals surface area contributed by atoms with Crippen molar-refractivity contribution in [3.05, 3.63) is 23.8 Å². The first-order valence-corrected chi connectivity index (χ1v) is 5.68. The lowest BCUT2D eigenvalue weighted by Gasteiger charge is -2.29. The first-order valence-electron chi connectivity index (χ1n) is 5.68. The Morgan fingerprint density at radius 1 is 1.53 bits per heavy atom. The fourth-order valence-electron chi connectivity index (χ4n) is 1.97. The molecule has 5 nitrogen and oxygen atoms in total. The monoisotopic (exact) mass is 235 g/mol. The molecule has 1 saturated heterocycles. The molecule has 1 aromatic rings. The number of benzene rings is 1. The lowest BCUT2D eigenvalue weighted by atomic mass is 10.1. The predicted octanol–water partition coefficient (Wildman–Crippen LogP) is 0.348. The van der Waals surface area contributed by atoms with E-state index in [-0.39, 0.29) is 17.7 Å². The summed E-state index contributed by atoms with van der Waals surface area (Å²) in [4.78, 5) is 13.2. The molecule has 0 saturated carbocycles. The summed E-state index contributed by atoms with van der Waals surface area (Å²) >= 11 is 0. The van der Waals surface area contributed by atoms with Gasteiger partial charge in [0.25, 0.3) is 0 Å². The van der Waals surface area contributed by atoms with E-state index in [1.807, 2.05) is 24.0 Å². The van der Waals surface area contributed by atoms with Crippen LogP contribution in [0.2, 0.25) is 0 Å². The first kappa shape index (κ1) is 11.7. The number of nitrogens with two attached hydrogens (primary N) is 1. The molecule has 1 fully saturated rings. The van der Waals surface area contributed by atoms with Gasteiger partial charge < -0.3 is 21.1 Å². The number of carbonyl (C=O) groups excluding carboxylic acids is 1. The summed E-state index contributed by atoms with van der Waals surface area (Å²) in [6, 6.07) is 5.16. The van der Waals surface area contributed by atoms with Gasteiger partial charge in [-0.3, -0.25) is 4.79 Å². The summed E-state index contributed by atoms with van der Waals surface area (Å²) in [6.45, 7) is 3.54. The summed E-state index contributed by atoms with van der Waals surface area (Å²) in [5.41, 5.74) is 7.29. The minimum absolute atomic E-state index is 0.00649. The van der Waals surface area contributed by atoms with Gasteiger partial charge in [0.05, 0.1) is 6.54 Å². The van der Waals surface area contributed by atoms with E-state index in [1.165, 1.54) is 0 Å². The van der Waals surface area contributed by atoms with Gasteiger partial charge in [-0.1, -0.05) is 6.07 Å². The lowest BCUT2D eigenvalue weighted by molar-refractivity contribution is -0.120. The van der Waals surface area contributed by atoms with E-state index in [9.17, 15) is 9.90 Å². The molecular formula is C12H17N3O2. The minimum Gasteiger partial charge on any atom is -0.508 e. The molecule has 0 aromatic heterocycles. The molecule has 4 N–H and O–H groups in total. The van der Waals surface area contributed by atoms with Crippen LogP contribution < -0.4 is 16.0 Å². The second-order valence-electron chi connectivity index (χ2n) is 4.30. The summed E-state index contributed by atoms with van der Waals surface area (Å²) in [7, 11) is 0. The third-order valence-electron chi connectivity index (χ3n) is 2.91. The van der Waals surface area contributed by atoms with Crippen LogP contribution in [-0.2, 0) is 4.79 Å². The fraction of sp³-hybridized carbons (Fsp3) is 0.417. The van der Waals surface area contributed by atoms with E-state index in [0.717, 1.165) is 17.8 Å². The molecule has 1 amide bonds. The van der Waals surface area contributed by atoms with Crippen molar-refractivity contribution in [3.8, 4) is 5.75 Å². The smallest absolute Gasteiger partial charge is 0.239 e.